The minimum Gasteiger partial charge on any atom is -0.507 e. The second-order valence-electron chi connectivity index (χ2n) is 6.13. The van der Waals surface area contributed by atoms with Gasteiger partial charge in [0.15, 0.2) is 0 Å². The summed E-state index contributed by atoms with van der Waals surface area (Å²) >= 11 is 2.02. The summed E-state index contributed by atoms with van der Waals surface area (Å²) in [7, 11) is 0. The molecule has 2 nitrogen and oxygen atoms in total. The molecular formula is C15H23NOS. The SMILES string of the molecule is Cc1ccc(NC2CSCC(C)(C)C2)c(C)c1O. The van der Waals surface area contributed by atoms with Crippen LogP contribution in [0.2, 0.25) is 0 Å². The topological polar surface area (TPSA) is 32.3 Å². The standard InChI is InChI=1S/C15H23NOS/c1-10-5-6-13(11(2)14(10)17)16-12-7-15(3,4)9-18-8-12/h5-6,12,16-17H,7-9H2,1-4H3. The molecule has 0 bridgehead atoms. The van der Waals surface area contributed by atoms with E-state index in [0.29, 0.717) is 17.2 Å². The molecule has 2 rings (SSSR count). The van der Waals surface area contributed by atoms with E-state index in [2.05, 4.69) is 25.2 Å². The summed E-state index contributed by atoms with van der Waals surface area (Å²) in [6.45, 7) is 8.57. The first-order valence-electron chi connectivity index (χ1n) is 6.52. The lowest BCUT2D eigenvalue weighted by atomic mass is 9.87. The number of anilines is 1. The number of benzene rings is 1. The summed E-state index contributed by atoms with van der Waals surface area (Å²) < 4.78 is 0. The molecule has 1 aromatic rings. The molecule has 18 heavy (non-hydrogen) atoms. The number of aryl methyl sites for hydroxylation is 1. The first-order chi connectivity index (χ1) is 8.39. The zero-order chi connectivity index (χ0) is 13.3. The summed E-state index contributed by atoms with van der Waals surface area (Å²) in [6.07, 6.45) is 1.19. The zero-order valence-corrected chi connectivity index (χ0v) is 12.5. The Morgan fingerprint density at radius 3 is 2.72 bits per heavy atom. The van der Waals surface area contributed by atoms with Gasteiger partial charge in [0.1, 0.15) is 5.75 Å². The van der Waals surface area contributed by atoms with Gasteiger partial charge in [0.2, 0.25) is 0 Å². The van der Waals surface area contributed by atoms with E-state index in [0.717, 1.165) is 22.6 Å². The van der Waals surface area contributed by atoms with Gasteiger partial charge in [0.05, 0.1) is 0 Å². The van der Waals surface area contributed by atoms with Gasteiger partial charge in [-0.05, 0) is 43.1 Å². The molecule has 1 aliphatic rings. The Hall–Kier alpha value is -0.830. The predicted molar refractivity (Wildman–Crippen MR) is 80.7 cm³/mol. The fourth-order valence-corrected chi connectivity index (χ4v) is 3.84. The average molecular weight is 265 g/mol. The van der Waals surface area contributed by atoms with Crippen molar-refractivity contribution in [2.75, 3.05) is 16.8 Å². The van der Waals surface area contributed by atoms with Gasteiger partial charge in [-0.15, -0.1) is 0 Å². The normalized spacial score (nSPS) is 22.8. The first kappa shape index (κ1) is 13.6. The Bertz CT molecular complexity index is 442. The first-order valence-corrected chi connectivity index (χ1v) is 7.68. The van der Waals surface area contributed by atoms with Crippen LogP contribution in [0, 0.1) is 19.3 Å². The molecule has 1 aromatic carbocycles. The maximum Gasteiger partial charge on any atom is 0.123 e. The third-order valence-corrected chi connectivity index (χ3v) is 5.23. The highest BCUT2D eigenvalue weighted by atomic mass is 32.2. The molecule has 0 saturated carbocycles. The van der Waals surface area contributed by atoms with Crippen LogP contribution in [0.5, 0.6) is 5.75 Å². The largest absolute Gasteiger partial charge is 0.507 e. The van der Waals surface area contributed by atoms with Crippen molar-refractivity contribution in [3.63, 3.8) is 0 Å². The van der Waals surface area contributed by atoms with E-state index in [-0.39, 0.29) is 0 Å². The molecule has 1 aliphatic heterocycles. The summed E-state index contributed by atoms with van der Waals surface area (Å²) in [5.74, 6) is 2.81. The molecule has 0 amide bonds. The Kier molecular flexibility index (Phi) is 3.81. The second-order valence-corrected chi connectivity index (χ2v) is 7.16. The van der Waals surface area contributed by atoms with Crippen LogP contribution in [0.4, 0.5) is 5.69 Å². The third-order valence-electron chi connectivity index (χ3n) is 3.60. The van der Waals surface area contributed by atoms with E-state index in [4.69, 9.17) is 0 Å². The van der Waals surface area contributed by atoms with Crippen molar-refractivity contribution >= 4 is 17.4 Å². The number of phenols is 1. The lowest BCUT2D eigenvalue weighted by molar-refractivity contribution is 0.358. The van der Waals surface area contributed by atoms with E-state index >= 15 is 0 Å². The molecular weight excluding hydrogens is 242 g/mol. The van der Waals surface area contributed by atoms with Crippen LogP contribution in [0.1, 0.15) is 31.4 Å². The van der Waals surface area contributed by atoms with E-state index in [1.54, 1.807) is 0 Å². The van der Waals surface area contributed by atoms with Gasteiger partial charge in [0.25, 0.3) is 0 Å². The maximum absolute atomic E-state index is 9.97. The highest BCUT2D eigenvalue weighted by molar-refractivity contribution is 7.99. The third kappa shape index (κ3) is 2.94. The van der Waals surface area contributed by atoms with Crippen molar-refractivity contribution in [1.82, 2.24) is 0 Å². The van der Waals surface area contributed by atoms with Gasteiger partial charge in [-0.3, -0.25) is 0 Å². The highest BCUT2D eigenvalue weighted by Gasteiger charge is 2.28. The van der Waals surface area contributed by atoms with Gasteiger partial charge >= 0.3 is 0 Å². The number of thioether (sulfide) groups is 1. The Balaban J connectivity index is 2.12. The quantitative estimate of drug-likeness (QED) is 0.849. The molecule has 100 valence electrons. The van der Waals surface area contributed by atoms with Crippen LogP contribution in [0.3, 0.4) is 0 Å². The summed E-state index contributed by atoms with van der Waals surface area (Å²) in [5, 5.41) is 13.6. The molecule has 3 heteroatoms. The van der Waals surface area contributed by atoms with Crippen LogP contribution in [0.15, 0.2) is 12.1 Å². The second kappa shape index (κ2) is 5.04. The molecule has 0 radical (unpaired) electrons. The molecule has 1 saturated heterocycles. The fraction of sp³-hybridized carbons (Fsp3) is 0.600. The minimum absolute atomic E-state index is 0.404. The number of hydrogen-bond acceptors (Lipinski definition) is 3. The van der Waals surface area contributed by atoms with Crippen molar-refractivity contribution in [3.8, 4) is 5.75 Å². The fourth-order valence-electron chi connectivity index (χ4n) is 2.57. The Morgan fingerprint density at radius 1 is 1.33 bits per heavy atom. The van der Waals surface area contributed by atoms with E-state index in [9.17, 15) is 5.11 Å². The van der Waals surface area contributed by atoms with Gasteiger partial charge in [-0.2, -0.15) is 11.8 Å². The van der Waals surface area contributed by atoms with Gasteiger partial charge < -0.3 is 10.4 Å². The summed E-state index contributed by atoms with van der Waals surface area (Å²) in [4.78, 5) is 0. The number of nitrogens with one attached hydrogen (secondary N) is 1. The molecule has 0 aromatic heterocycles. The van der Waals surface area contributed by atoms with Crippen molar-refractivity contribution in [1.29, 1.82) is 0 Å². The molecule has 1 fully saturated rings. The number of rotatable bonds is 2. The predicted octanol–water partition coefficient (Wildman–Crippen LogP) is 3.95. The molecule has 0 aliphatic carbocycles. The number of phenolic OH excluding ortho intramolecular Hbond substituents is 1. The van der Waals surface area contributed by atoms with Gasteiger partial charge in [-0.1, -0.05) is 19.9 Å². The van der Waals surface area contributed by atoms with Crippen molar-refractivity contribution in [2.24, 2.45) is 5.41 Å². The van der Waals surface area contributed by atoms with Crippen LogP contribution in [-0.2, 0) is 0 Å². The smallest absolute Gasteiger partial charge is 0.123 e. The lowest BCUT2D eigenvalue weighted by Gasteiger charge is -2.36. The van der Waals surface area contributed by atoms with Crippen LogP contribution >= 0.6 is 11.8 Å². The Morgan fingerprint density at radius 2 is 2.06 bits per heavy atom. The summed E-state index contributed by atoms with van der Waals surface area (Å²) in [6, 6.07) is 4.56. The zero-order valence-electron chi connectivity index (χ0n) is 11.7. The molecule has 1 heterocycles. The van der Waals surface area contributed by atoms with E-state index in [1.807, 2.05) is 31.7 Å². The highest BCUT2D eigenvalue weighted by Crippen LogP contribution is 2.36. The Labute approximate surface area is 114 Å². The molecule has 2 N–H and O–H groups in total. The van der Waals surface area contributed by atoms with Crippen LogP contribution in [0.25, 0.3) is 0 Å². The maximum atomic E-state index is 9.97. The summed E-state index contributed by atoms with van der Waals surface area (Å²) in [5.41, 5.74) is 3.38. The van der Waals surface area contributed by atoms with E-state index < -0.39 is 0 Å². The number of aromatic hydroxyl groups is 1. The number of hydrogen-bond donors (Lipinski definition) is 2. The monoisotopic (exact) mass is 265 g/mol. The minimum atomic E-state index is 0.404. The molecule has 1 atom stereocenters. The van der Waals surface area contributed by atoms with Gasteiger partial charge in [0, 0.05) is 23.0 Å². The molecule has 1 unspecified atom stereocenters. The lowest BCUT2D eigenvalue weighted by Crippen LogP contribution is -2.35. The van der Waals surface area contributed by atoms with Gasteiger partial charge in [-0.25, -0.2) is 0 Å². The van der Waals surface area contributed by atoms with Crippen molar-refractivity contribution in [2.45, 2.75) is 40.2 Å². The van der Waals surface area contributed by atoms with Crippen molar-refractivity contribution in [3.05, 3.63) is 23.3 Å². The van der Waals surface area contributed by atoms with Crippen molar-refractivity contribution < 1.29 is 5.11 Å². The molecule has 0 spiro atoms. The van der Waals surface area contributed by atoms with E-state index in [1.165, 1.54) is 12.2 Å². The van der Waals surface area contributed by atoms with Crippen LogP contribution in [-0.4, -0.2) is 22.7 Å². The average Bonchev–Trinajstić information content (AvgIpc) is 2.29. The van der Waals surface area contributed by atoms with Crippen LogP contribution < -0.4 is 5.32 Å².